The Morgan fingerprint density at radius 2 is 1.81 bits per heavy atom. The summed E-state index contributed by atoms with van der Waals surface area (Å²) >= 11 is 0. The van der Waals surface area contributed by atoms with Crippen molar-refractivity contribution in [3.63, 3.8) is 0 Å². The maximum Gasteiger partial charge on any atom is 0.231 e. The van der Waals surface area contributed by atoms with Gasteiger partial charge in [-0.3, -0.25) is 9.59 Å². The van der Waals surface area contributed by atoms with Crippen molar-refractivity contribution in [2.24, 2.45) is 0 Å². The highest BCUT2D eigenvalue weighted by atomic mass is 16.3. The number of nitrogens with one attached hydrogen (secondary N) is 1. The van der Waals surface area contributed by atoms with Gasteiger partial charge in [0.15, 0.2) is 5.78 Å². The monoisotopic (exact) mass is 413 g/mol. The summed E-state index contributed by atoms with van der Waals surface area (Å²) in [4.78, 5) is 25.6. The Morgan fingerprint density at radius 3 is 2.48 bits per heavy atom. The molecule has 158 valence electrons. The van der Waals surface area contributed by atoms with Gasteiger partial charge in [0.2, 0.25) is 5.91 Å². The number of furan rings is 1. The second kappa shape index (κ2) is 7.23. The normalized spacial score (nSPS) is 17.3. The minimum Gasteiger partial charge on any atom is -0.464 e. The van der Waals surface area contributed by atoms with Crippen LogP contribution in [0, 0.1) is 20.8 Å². The molecule has 1 heterocycles. The molecule has 2 aromatic carbocycles. The number of hydrogen-bond donors (Lipinski definition) is 1. The van der Waals surface area contributed by atoms with E-state index >= 15 is 0 Å². The van der Waals surface area contributed by atoms with Crippen molar-refractivity contribution >= 4 is 11.7 Å². The molecule has 4 heteroatoms. The Balaban J connectivity index is 1.48. The summed E-state index contributed by atoms with van der Waals surface area (Å²) < 4.78 is 5.95. The zero-order valence-corrected chi connectivity index (χ0v) is 18.2. The van der Waals surface area contributed by atoms with E-state index in [-0.39, 0.29) is 17.7 Å². The van der Waals surface area contributed by atoms with Gasteiger partial charge in [-0.15, -0.1) is 0 Å². The van der Waals surface area contributed by atoms with Crippen LogP contribution in [-0.2, 0) is 16.6 Å². The summed E-state index contributed by atoms with van der Waals surface area (Å²) in [6.07, 6.45) is 2.99. The molecule has 2 aliphatic rings. The summed E-state index contributed by atoms with van der Waals surface area (Å²) in [5.41, 5.74) is 5.76. The zero-order valence-electron chi connectivity index (χ0n) is 18.2. The third kappa shape index (κ3) is 3.40. The SMILES string of the molecule is Cc1ccc(C(NC(=O)C2(c3ccc4c(c3)CCC4=O)CC2)c2ccc(C)o2)c(C)c1. The first kappa shape index (κ1) is 19.8. The first-order valence-corrected chi connectivity index (χ1v) is 11.0. The van der Waals surface area contributed by atoms with Gasteiger partial charge in [0, 0.05) is 12.0 Å². The number of fused-ring (bicyclic) bond motifs is 1. The lowest BCUT2D eigenvalue weighted by atomic mass is 9.90. The van der Waals surface area contributed by atoms with Gasteiger partial charge in [0.1, 0.15) is 17.6 Å². The summed E-state index contributed by atoms with van der Waals surface area (Å²) in [6.45, 7) is 6.06. The average molecular weight is 414 g/mol. The molecule has 0 radical (unpaired) electrons. The molecular weight excluding hydrogens is 386 g/mol. The van der Waals surface area contributed by atoms with Crippen molar-refractivity contribution in [2.45, 2.75) is 57.9 Å². The Morgan fingerprint density at radius 1 is 1.00 bits per heavy atom. The number of carbonyl (C=O) groups excluding carboxylic acids is 2. The van der Waals surface area contributed by atoms with Crippen molar-refractivity contribution in [3.8, 4) is 0 Å². The number of aryl methyl sites for hydroxylation is 4. The number of carbonyl (C=O) groups is 2. The molecule has 0 saturated heterocycles. The molecule has 2 aliphatic carbocycles. The quantitative estimate of drug-likeness (QED) is 0.620. The van der Waals surface area contributed by atoms with Crippen LogP contribution in [0.15, 0.2) is 52.9 Å². The smallest absolute Gasteiger partial charge is 0.231 e. The van der Waals surface area contributed by atoms with Crippen molar-refractivity contribution < 1.29 is 14.0 Å². The largest absolute Gasteiger partial charge is 0.464 e. The predicted molar refractivity (Wildman–Crippen MR) is 119 cm³/mol. The van der Waals surface area contributed by atoms with Gasteiger partial charge >= 0.3 is 0 Å². The fourth-order valence-electron chi connectivity index (χ4n) is 4.85. The van der Waals surface area contributed by atoms with Crippen molar-refractivity contribution in [3.05, 3.63) is 93.4 Å². The lowest BCUT2D eigenvalue weighted by Crippen LogP contribution is -2.38. The van der Waals surface area contributed by atoms with Crippen LogP contribution in [0.1, 0.15) is 75.0 Å². The summed E-state index contributed by atoms with van der Waals surface area (Å²) in [6, 6.07) is 15.8. The third-order valence-corrected chi connectivity index (χ3v) is 6.82. The Bertz CT molecular complexity index is 1200. The molecule has 0 spiro atoms. The number of ketones is 1. The maximum absolute atomic E-state index is 13.6. The summed E-state index contributed by atoms with van der Waals surface area (Å²) in [5.74, 6) is 1.80. The number of amides is 1. The Hall–Kier alpha value is -3.14. The third-order valence-electron chi connectivity index (χ3n) is 6.82. The van der Waals surface area contributed by atoms with Gasteiger partial charge in [0.05, 0.1) is 5.41 Å². The molecule has 1 amide bonds. The first-order chi connectivity index (χ1) is 14.9. The van der Waals surface area contributed by atoms with E-state index in [9.17, 15) is 9.59 Å². The van der Waals surface area contributed by atoms with Gasteiger partial charge < -0.3 is 9.73 Å². The minimum absolute atomic E-state index is 0.0239. The topological polar surface area (TPSA) is 59.3 Å². The van der Waals surface area contributed by atoms with Gasteiger partial charge in [-0.1, -0.05) is 42.0 Å². The van der Waals surface area contributed by atoms with Crippen molar-refractivity contribution in [1.82, 2.24) is 5.32 Å². The lowest BCUT2D eigenvalue weighted by molar-refractivity contribution is -0.124. The predicted octanol–water partition coefficient (Wildman–Crippen LogP) is 5.27. The summed E-state index contributed by atoms with van der Waals surface area (Å²) in [7, 11) is 0. The highest BCUT2D eigenvalue weighted by Crippen LogP contribution is 2.49. The van der Waals surface area contributed by atoms with Crippen LogP contribution in [0.3, 0.4) is 0 Å². The number of hydrogen-bond acceptors (Lipinski definition) is 3. The maximum atomic E-state index is 13.6. The second-order valence-electron chi connectivity index (χ2n) is 9.09. The molecule has 1 atom stereocenters. The number of rotatable bonds is 5. The molecule has 1 N–H and O–H groups in total. The van der Waals surface area contributed by atoms with E-state index in [1.165, 1.54) is 5.56 Å². The second-order valence-corrected chi connectivity index (χ2v) is 9.09. The average Bonchev–Trinajstić information content (AvgIpc) is 3.33. The van der Waals surface area contributed by atoms with E-state index in [4.69, 9.17) is 4.42 Å². The standard InChI is InChI=1S/C27H27NO3/c1-16-4-8-21(17(2)14-16)25(24-11-5-18(3)31-24)28-26(30)27(12-13-27)20-7-9-22-19(15-20)6-10-23(22)29/h4-5,7-9,11,14-15,25H,6,10,12-13H2,1-3H3,(H,28,30). The fraction of sp³-hybridized carbons (Fsp3) is 0.333. The molecule has 1 aromatic heterocycles. The van der Waals surface area contributed by atoms with E-state index in [1.807, 2.05) is 31.2 Å². The molecule has 0 bridgehead atoms. The van der Waals surface area contributed by atoms with E-state index in [0.29, 0.717) is 6.42 Å². The van der Waals surface area contributed by atoms with Gasteiger partial charge in [-0.2, -0.15) is 0 Å². The van der Waals surface area contributed by atoms with E-state index in [1.54, 1.807) is 0 Å². The van der Waals surface area contributed by atoms with E-state index in [0.717, 1.165) is 58.6 Å². The molecule has 1 fully saturated rings. The summed E-state index contributed by atoms with van der Waals surface area (Å²) in [5, 5.41) is 3.30. The Labute approximate surface area is 182 Å². The Kier molecular flexibility index (Phi) is 4.62. The molecule has 1 saturated carbocycles. The van der Waals surface area contributed by atoms with Gasteiger partial charge in [-0.25, -0.2) is 0 Å². The molecule has 1 unspecified atom stereocenters. The van der Waals surface area contributed by atoms with E-state index in [2.05, 4.69) is 43.4 Å². The lowest BCUT2D eigenvalue weighted by Gasteiger charge is -2.24. The highest BCUT2D eigenvalue weighted by molar-refractivity contribution is 6.01. The first-order valence-electron chi connectivity index (χ1n) is 11.0. The number of Topliss-reactive ketones (excluding diaryl/α,β-unsaturated/α-hetero) is 1. The molecule has 31 heavy (non-hydrogen) atoms. The molecule has 3 aromatic rings. The van der Waals surface area contributed by atoms with Gasteiger partial charge in [0.25, 0.3) is 0 Å². The van der Waals surface area contributed by atoms with E-state index < -0.39 is 5.41 Å². The van der Waals surface area contributed by atoms with Crippen LogP contribution in [-0.4, -0.2) is 11.7 Å². The van der Waals surface area contributed by atoms with Crippen LogP contribution in [0.2, 0.25) is 0 Å². The van der Waals surface area contributed by atoms with Gasteiger partial charge in [-0.05, 0) is 74.4 Å². The van der Waals surface area contributed by atoms with Crippen LogP contribution >= 0.6 is 0 Å². The number of benzene rings is 2. The van der Waals surface area contributed by atoms with Crippen molar-refractivity contribution in [1.29, 1.82) is 0 Å². The van der Waals surface area contributed by atoms with Crippen LogP contribution in [0.4, 0.5) is 0 Å². The molecule has 0 aliphatic heterocycles. The minimum atomic E-state index is -0.515. The van der Waals surface area contributed by atoms with Crippen LogP contribution in [0.25, 0.3) is 0 Å². The zero-order chi connectivity index (χ0) is 21.8. The molecule has 4 nitrogen and oxygen atoms in total. The van der Waals surface area contributed by atoms with Crippen LogP contribution in [0.5, 0.6) is 0 Å². The van der Waals surface area contributed by atoms with Crippen molar-refractivity contribution in [2.75, 3.05) is 0 Å². The fourth-order valence-corrected chi connectivity index (χ4v) is 4.85. The molecular formula is C27H27NO3. The van der Waals surface area contributed by atoms with Crippen LogP contribution < -0.4 is 5.32 Å². The molecule has 5 rings (SSSR count). The highest BCUT2D eigenvalue weighted by Gasteiger charge is 2.52.